The molecule has 154 valence electrons. The van der Waals surface area contributed by atoms with Crippen LogP contribution in [-0.2, 0) is 4.79 Å². The Bertz CT molecular complexity index is 496. The molecule has 0 bridgehead atoms. The molecule has 0 aliphatic heterocycles. The molecule has 2 spiro atoms. The second-order valence-corrected chi connectivity index (χ2v) is 11.2. The molecule has 4 fully saturated rings. The summed E-state index contributed by atoms with van der Waals surface area (Å²) in [6, 6.07) is 0. The number of rotatable bonds is 5. The van der Waals surface area contributed by atoms with E-state index in [4.69, 9.17) is 0 Å². The van der Waals surface area contributed by atoms with Crippen LogP contribution in [0.3, 0.4) is 0 Å². The first-order chi connectivity index (χ1) is 13.1. The molecule has 0 saturated heterocycles. The summed E-state index contributed by atoms with van der Waals surface area (Å²) in [6.45, 7) is 4.65. The summed E-state index contributed by atoms with van der Waals surface area (Å²) < 4.78 is 0. The molecule has 0 amide bonds. The minimum atomic E-state index is 0.146. The monoisotopic (exact) mass is 372 g/mol. The van der Waals surface area contributed by atoms with Crippen molar-refractivity contribution in [3.05, 3.63) is 0 Å². The number of hydrogen-bond acceptors (Lipinski definition) is 1. The molecule has 0 N–H and O–H groups in total. The van der Waals surface area contributed by atoms with Gasteiger partial charge >= 0.3 is 0 Å². The van der Waals surface area contributed by atoms with Gasteiger partial charge in [-0.1, -0.05) is 52.4 Å². The Morgan fingerprint density at radius 2 is 1.11 bits per heavy atom. The molecular weight excluding hydrogens is 328 g/mol. The topological polar surface area (TPSA) is 17.1 Å². The van der Waals surface area contributed by atoms with Gasteiger partial charge in [-0.25, -0.2) is 0 Å². The maximum absolute atomic E-state index is 13.4. The van der Waals surface area contributed by atoms with E-state index in [1.54, 1.807) is 0 Å². The largest absolute Gasteiger partial charge is 0.298 e. The van der Waals surface area contributed by atoms with Crippen molar-refractivity contribution in [2.45, 2.75) is 123 Å². The average molecular weight is 373 g/mol. The van der Waals surface area contributed by atoms with Gasteiger partial charge in [0, 0.05) is 10.8 Å². The predicted octanol–water partition coefficient (Wildman–Crippen LogP) is 7.72. The van der Waals surface area contributed by atoms with Gasteiger partial charge in [0.25, 0.3) is 0 Å². The average Bonchev–Trinajstić information content (AvgIpc) is 2.71. The minimum Gasteiger partial charge on any atom is -0.298 e. The van der Waals surface area contributed by atoms with E-state index >= 15 is 0 Å². The van der Waals surface area contributed by atoms with Crippen LogP contribution in [0.15, 0.2) is 0 Å². The van der Waals surface area contributed by atoms with E-state index in [0.29, 0.717) is 0 Å². The summed E-state index contributed by atoms with van der Waals surface area (Å²) in [5.74, 6) is 4.61. The van der Waals surface area contributed by atoms with Crippen LogP contribution in [0.2, 0.25) is 0 Å². The van der Waals surface area contributed by atoms with Crippen LogP contribution in [0.25, 0.3) is 0 Å². The lowest BCUT2D eigenvalue weighted by Crippen LogP contribution is -2.59. The molecule has 0 aromatic carbocycles. The van der Waals surface area contributed by atoms with Crippen molar-refractivity contribution in [2.75, 3.05) is 0 Å². The van der Waals surface area contributed by atoms with E-state index in [-0.39, 0.29) is 10.8 Å². The molecule has 0 heterocycles. The third-order valence-corrected chi connectivity index (χ3v) is 9.64. The highest BCUT2D eigenvalue weighted by Crippen LogP contribution is 2.64. The van der Waals surface area contributed by atoms with E-state index in [1.807, 2.05) is 0 Å². The van der Waals surface area contributed by atoms with Crippen molar-refractivity contribution in [3.8, 4) is 0 Å². The fourth-order valence-electron chi connectivity index (χ4n) is 8.02. The Morgan fingerprint density at radius 1 is 0.667 bits per heavy atom. The maximum atomic E-state index is 13.4. The molecular formula is C26H44O. The first-order valence-electron chi connectivity index (χ1n) is 12.7. The van der Waals surface area contributed by atoms with Crippen LogP contribution in [0.5, 0.6) is 0 Å². The number of carbonyl (C=O) groups is 1. The summed E-state index contributed by atoms with van der Waals surface area (Å²) in [7, 11) is 0. The Balaban J connectivity index is 1.25. The van der Waals surface area contributed by atoms with Crippen LogP contribution < -0.4 is 0 Å². The van der Waals surface area contributed by atoms with Gasteiger partial charge in [-0.3, -0.25) is 4.79 Å². The van der Waals surface area contributed by atoms with Crippen LogP contribution in [0, 0.1) is 34.5 Å². The number of hydrogen-bond donors (Lipinski definition) is 0. The highest BCUT2D eigenvalue weighted by molar-refractivity contribution is 5.96. The minimum absolute atomic E-state index is 0.146. The molecule has 4 aliphatic rings. The zero-order valence-electron chi connectivity index (χ0n) is 18.2. The lowest BCUT2D eigenvalue weighted by Gasteiger charge is -2.59. The van der Waals surface area contributed by atoms with Gasteiger partial charge < -0.3 is 0 Å². The quantitative estimate of drug-likeness (QED) is 0.483. The molecule has 1 nitrogen and oxygen atoms in total. The molecule has 0 aromatic rings. The lowest BCUT2D eigenvalue weighted by molar-refractivity contribution is -0.169. The van der Waals surface area contributed by atoms with Crippen LogP contribution in [-0.4, -0.2) is 5.78 Å². The van der Waals surface area contributed by atoms with E-state index in [1.165, 1.54) is 109 Å². The zero-order chi connectivity index (χ0) is 18.9. The normalized spacial score (nSPS) is 45.2. The molecule has 0 atom stereocenters. The Morgan fingerprint density at radius 3 is 1.59 bits per heavy atom. The summed E-state index contributed by atoms with van der Waals surface area (Å²) in [6.07, 6.45) is 23.1. The highest BCUT2D eigenvalue weighted by atomic mass is 16.1. The SMILES string of the molecule is CCCC1CCC(C2CCC3(CC2)CC2(CCC(CCC)CC2)C3=O)CC1. The number of Topliss-reactive ketones (excluding diaryl/α,β-unsaturated/α-hetero) is 1. The third-order valence-electron chi connectivity index (χ3n) is 9.64. The number of ketones is 1. The van der Waals surface area contributed by atoms with Crippen LogP contribution in [0.4, 0.5) is 0 Å². The molecule has 4 rings (SSSR count). The van der Waals surface area contributed by atoms with Gasteiger partial charge in [0.15, 0.2) is 0 Å². The van der Waals surface area contributed by atoms with Crippen molar-refractivity contribution >= 4 is 5.78 Å². The van der Waals surface area contributed by atoms with Gasteiger partial charge in [-0.05, 0) is 94.3 Å². The van der Waals surface area contributed by atoms with Crippen molar-refractivity contribution in [3.63, 3.8) is 0 Å². The fourth-order valence-corrected chi connectivity index (χ4v) is 8.02. The Kier molecular flexibility index (Phi) is 6.06. The van der Waals surface area contributed by atoms with Crippen LogP contribution >= 0.6 is 0 Å². The molecule has 0 radical (unpaired) electrons. The molecule has 0 unspecified atom stereocenters. The smallest absolute Gasteiger partial charge is 0.145 e. The second kappa shape index (κ2) is 8.19. The fraction of sp³-hybridized carbons (Fsp3) is 0.962. The van der Waals surface area contributed by atoms with Crippen molar-refractivity contribution in [1.29, 1.82) is 0 Å². The summed E-state index contributed by atoms with van der Waals surface area (Å²) in [4.78, 5) is 13.4. The van der Waals surface area contributed by atoms with E-state index in [0.717, 1.165) is 29.5 Å². The van der Waals surface area contributed by atoms with E-state index in [2.05, 4.69) is 13.8 Å². The summed E-state index contributed by atoms with van der Waals surface area (Å²) in [5, 5.41) is 0. The molecule has 0 aromatic heterocycles. The van der Waals surface area contributed by atoms with Crippen LogP contribution in [0.1, 0.15) is 123 Å². The first kappa shape index (κ1) is 20.0. The molecule has 4 aliphatic carbocycles. The number of carbonyl (C=O) groups excluding carboxylic acids is 1. The lowest BCUT2D eigenvalue weighted by atomic mass is 9.43. The van der Waals surface area contributed by atoms with Gasteiger partial charge in [0.1, 0.15) is 5.78 Å². The standard InChI is InChI=1S/C26H44O/c1-3-5-20-7-9-22(10-8-20)23-13-17-26(18-14-23)19-25(24(26)27)15-11-21(6-4-2)12-16-25/h20-23H,3-19H2,1-2H3. The summed E-state index contributed by atoms with van der Waals surface area (Å²) in [5.41, 5.74) is 0.294. The Labute approximate surface area is 168 Å². The highest BCUT2D eigenvalue weighted by Gasteiger charge is 2.63. The maximum Gasteiger partial charge on any atom is 0.145 e. The summed E-state index contributed by atoms with van der Waals surface area (Å²) >= 11 is 0. The van der Waals surface area contributed by atoms with Crippen molar-refractivity contribution < 1.29 is 4.79 Å². The molecule has 1 heteroatoms. The Hall–Kier alpha value is -0.330. The van der Waals surface area contributed by atoms with E-state index in [9.17, 15) is 4.79 Å². The first-order valence-corrected chi connectivity index (χ1v) is 12.7. The van der Waals surface area contributed by atoms with Gasteiger partial charge in [-0.2, -0.15) is 0 Å². The molecule has 27 heavy (non-hydrogen) atoms. The molecule has 4 saturated carbocycles. The van der Waals surface area contributed by atoms with Gasteiger partial charge in [0.2, 0.25) is 0 Å². The van der Waals surface area contributed by atoms with Crippen molar-refractivity contribution in [2.24, 2.45) is 34.5 Å². The zero-order valence-corrected chi connectivity index (χ0v) is 18.2. The second-order valence-electron chi connectivity index (χ2n) is 11.2. The predicted molar refractivity (Wildman–Crippen MR) is 114 cm³/mol. The van der Waals surface area contributed by atoms with Gasteiger partial charge in [-0.15, -0.1) is 0 Å². The van der Waals surface area contributed by atoms with E-state index < -0.39 is 0 Å². The van der Waals surface area contributed by atoms with Crippen molar-refractivity contribution in [1.82, 2.24) is 0 Å². The third kappa shape index (κ3) is 3.78. The van der Waals surface area contributed by atoms with Gasteiger partial charge in [0.05, 0.1) is 0 Å².